The molecule has 1 atom stereocenters. The first-order valence-corrected chi connectivity index (χ1v) is 7.16. The summed E-state index contributed by atoms with van der Waals surface area (Å²) in [6.07, 6.45) is -0.148. The standard InChI is InChI=1S/C14H16ClN3O3/c15-12-4-2-1-3-11(12)14-16-13(21-17-14)8-18-5-6-20-10(7-18)9-19/h1-4,10,19H,5-9H2. The molecule has 1 aliphatic heterocycles. The highest BCUT2D eigenvalue weighted by Crippen LogP contribution is 2.25. The van der Waals surface area contributed by atoms with Crippen LogP contribution in [0, 0.1) is 0 Å². The van der Waals surface area contributed by atoms with E-state index in [1.807, 2.05) is 18.2 Å². The second-order valence-electron chi connectivity index (χ2n) is 4.90. The molecule has 1 N–H and O–H groups in total. The van der Waals surface area contributed by atoms with Crippen LogP contribution in [-0.2, 0) is 11.3 Å². The summed E-state index contributed by atoms with van der Waals surface area (Å²) in [5.41, 5.74) is 0.754. The smallest absolute Gasteiger partial charge is 0.241 e. The lowest BCUT2D eigenvalue weighted by Crippen LogP contribution is -2.43. The van der Waals surface area contributed by atoms with Gasteiger partial charge in [-0.3, -0.25) is 4.90 Å². The average molecular weight is 310 g/mol. The monoisotopic (exact) mass is 309 g/mol. The van der Waals surface area contributed by atoms with Crippen molar-refractivity contribution in [2.24, 2.45) is 0 Å². The van der Waals surface area contributed by atoms with Crippen LogP contribution < -0.4 is 0 Å². The van der Waals surface area contributed by atoms with Gasteiger partial charge >= 0.3 is 0 Å². The highest BCUT2D eigenvalue weighted by atomic mass is 35.5. The number of benzene rings is 1. The van der Waals surface area contributed by atoms with Crippen molar-refractivity contribution in [3.05, 3.63) is 35.2 Å². The van der Waals surface area contributed by atoms with Crippen LogP contribution in [-0.4, -0.2) is 52.6 Å². The normalized spacial score (nSPS) is 19.8. The highest BCUT2D eigenvalue weighted by molar-refractivity contribution is 6.33. The fourth-order valence-electron chi connectivity index (χ4n) is 2.30. The van der Waals surface area contributed by atoms with Crippen molar-refractivity contribution in [1.82, 2.24) is 15.0 Å². The lowest BCUT2D eigenvalue weighted by molar-refractivity contribution is -0.0571. The van der Waals surface area contributed by atoms with Gasteiger partial charge in [0.2, 0.25) is 11.7 Å². The molecule has 1 aromatic heterocycles. The minimum Gasteiger partial charge on any atom is -0.394 e. The second-order valence-corrected chi connectivity index (χ2v) is 5.31. The zero-order valence-electron chi connectivity index (χ0n) is 11.4. The fourth-order valence-corrected chi connectivity index (χ4v) is 2.52. The molecule has 1 fully saturated rings. The van der Waals surface area contributed by atoms with Gasteiger partial charge in [-0.15, -0.1) is 0 Å². The Hall–Kier alpha value is -1.47. The number of hydrogen-bond donors (Lipinski definition) is 1. The average Bonchev–Trinajstić information content (AvgIpc) is 2.96. The summed E-state index contributed by atoms with van der Waals surface area (Å²) in [5, 5.41) is 13.7. The third-order valence-corrected chi connectivity index (χ3v) is 3.70. The molecule has 1 unspecified atom stereocenters. The Kier molecular flexibility index (Phi) is 4.50. The van der Waals surface area contributed by atoms with Crippen molar-refractivity contribution in [2.75, 3.05) is 26.3 Å². The van der Waals surface area contributed by atoms with Crippen LogP contribution in [0.5, 0.6) is 0 Å². The summed E-state index contributed by atoms with van der Waals surface area (Å²) >= 11 is 6.12. The third kappa shape index (κ3) is 3.41. The first kappa shape index (κ1) is 14.5. The second kappa shape index (κ2) is 6.53. The summed E-state index contributed by atoms with van der Waals surface area (Å²) in [4.78, 5) is 6.50. The van der Waals surface area contributed by atoms with Crippen LogP contribution >= 0.6 is 11.6 Å². The molecule has 7 heteroatoms. The van der Waals surface area contributed by atoms with E-state index in [0.717, 1.165) is 12.1 Å². The Morgan fingerprint density at radius 2 is 2.24 bits per heavy atom. The SMILES string of the molecule is OCC1CN(Cc2nc(-c3ccccc3Cl)no2)CCO1. The van der Waals surface area contributed by atoms with Crippen molar-refractivity contribution in [2.45, 2.75) is 12.6 Å². The molecule has 1 aliphatic rings. The van der Waals surface area contributed by atoms with Gasteiger partial charge in [0.1, 0.15) is 0 Å². The van der Waals surface area contributed by atoms with Crippen LogP contribution in [0.4, 0.5) is 0 Å². The van der Waals surface area contributed by atoms with Gasteiger partial charge in [-0.25, -0.2) is 0 Å². The first-order chi connectivity index (χ1) is 10.3. The van der Waals surface area contributed by atoms with E-state index in [-0.39, 0.29) is 12.7 Å². The Balaban J connectivity index is 1.69. The van der Waals surface area contributed by atoms with Gasteiger partial charge in [-0.2, -0.15) is 4.98 Å². The molecule has 0 aliphatic carbocycles. The van der Waals surface area contributed by atoms with Crippen LogP contribution in [0.25, 0.3) is 11.4 Å². The van der Waals surface area contributed by atoms with Gasteiger partial charge in [-0.05, 0) is 12.1 Å². The van der Waals surface area contributed by atoms with Crippen LogP contribution in [0.15, 0.2) is 28.8 Å². The summed E-state index contributed by atoms with van der Waals surface area (Å²) in [6, 6.07) is 7.38. The van der Waals surface area contributed by atoms with Crippen molar-refractivity contribution < 1.29 is 14.4 Å². The van der Waals surface area contributed by atoms with Gasteiger partial charge < -0.3 is 14.4 Å². The number of rotatable bonds is 4. The molecule has 112 valence electrons. The lowest BCUT2D eigenvalue weighted by Gasteiger charge is -2.30. The zero-order chi connectivity index (χ0) is 14.7. The number of ether oxygens (including phenoxy) is 1. The van der Waals surface area contributed by atoms with E-state index in [0.29, 0.717) is 36.4 Å². The molecule has 6 nitrogen and oxygen atoms in total. The largest absolute Gasteiger partial charge is 0.394 e. The van der Waals surface area contributed by atoms with Crippen molar-refractivity contribution in [3.8, 4) is 11.4 Å². The molecular formula is C14H16ClN3O3. The summed E-state index contributed by atoms with van der Waals surface area (Å²) in [6.45, 7) is 2.58. The lowest BCUT2D eigenvalue weighted by atomic mass is 10.2. The van der Waals surface area contributed by atoms with Crippen molar-refractivity contribution in [1.29, 1.82) is 0 Å². The van der Waals surface area contributed by atoms with Crippen LogP contribution in [0.1, 0.15) is 5.89 Å². The number of hydrogen-bond acceptors (Lipinski definition) is 6. The third-order valence-electron chi connectivity index (χ3n) is 3.37. The van der Waals surface area contributed by atoms with E-state index in [2.05, 4.69) is 15.0 Å². The van der Waals surface area contributed by atoms with E-state index in [1.54, 1.807) is 6.07 Å². The molecule has 0 amide bonds. The topological polar surface area (TPSA) is 71.6 Å². The fraction of sp³-hybridized carbons (Fsp3) is 0.429. The molecule has 1 aromatic carbocycles. The van der Waals surface area contributed by atoms with Crippen LogP contribution in [0.3, 0.4) is 0 Å². The molecule has 2 aromatic rings. The minimum atomic E-state index is -0.148. The molecule has 3 rings (SSSR count). The number of nitrogens with zero attached hydrogens (tertiary/aromatic N) is 3. The predicted octanol–water partition coefficient (Wildman–Crippen LogP) is 1.58. The quantitative estimate of drug-likeness (QED) is 0.924. The van der Waals surface area contributed by atoms with Gasteiger partial charge in [0.25, 0.3) is 0 Å². The van der Waals surface area contributed by atoms with Gasteiger partial charge in [0, 0.05) is 18.7 Å². The van der Waals surface area contributed by atoms with E-state index in [4.69, 9.17) is 26.0 Å². The minimum absolute atomic E-state index is 0.0191. The summed E-state index contributed by atoms with van der Waals surface area (Å²) in [7, 11) is 0. The van der Waals surface area contributed by atoms with E-state index >= 15 is 0 Å². The molecule has 0 radical (unpaired) electrons. The maximum absolute atomic E-state index is 9.14. The van der Waals surface area contributed by atoms with E-state index in [1.165, 1.54) is 0 Å². The highest BCUT2D eigenvalue weighted by Gasteiger charge is 2.22. The number of aliphatic hydroxyl groups is 1. The van der Waals surface area contributed by atoms with Crippen molar-refractivity contribution >= 4 is 11.6 Å². The van der Waals surface area contributed by atoms with Gasteiger partial charge in [0.15, 0.2) is 0 Å². The summed E-state index contributed by atoms with van der Waals surface area (Å²) < 4.78 is 10.7. The molecule has 1 saturated heterocycles. The first-order valence-electron chi connectivity index (χ1n) is 6.78. The Labute approximate surface area is 127 Å². The Bertz CT molecular complexity index is 605. The maximum Gasteiger partial charge on any atom is 0.241 e. The number of halogens is 1. The summed E-state index contributed by atoms with van der Waals surface area (Å²) in [5.74, 6) is 1.02. The Morgan fingerprint density at radius 3 is 3.05 bits per heavy atom. The number of aliphatic hydroxyl groups excluding tert-OH is 1. The number of aromatic nitrogens is 2. The molecule has 2 heterocycles. The zero-order valence-corrected chi connectivity index (χ0v) is 12.2. The van der Waals surface area contributed by atoms with E-state index < -0.39 is 0 Å². The molecule has 0 saturated carbocycles. The Morgan fingerprint density at radius 1 is 1.38 bits per heavy atom. The molecule has 0 spiro atoms. The van der Waals surface area contributed by atoms with E-state index in [9.17, 15) is 0 Å². The van der Waals surface area contributed by atoms with Gasteiger partial charge in [0.05, 0.1) is 30.9 Å². The van der Waals surface area contributed by atoms with Crippen LogP contribution in [0.2, 0.25) is 5.02 Å². The molecule has 0 bridgehead atoms. The van der Waals surface area contributed by atoms with Gasteiger partial charge in [-0.1, -0.05) is 28.9 Å². The number of morpholine rings is 1. The maximum atomic E-state index is 9.14. The van der Waals surface area contributed by atoms with Crippen molar-refractivity contribution in [3.63, 3.8) is 0 Å². The predicted molar refractivity (Wildman–Crippen MR) is 76.8 cm³/mol. The molecular weight excluding hydrogens is 294 g/mol. The molecule has 21 heavy (non-hydrogen) atoms.